The average molecular weight is 281 g/mol. The Morgan fingerprint density at radius 3 is 2.65 bits per heavy atom. The molecule has 116 valence electrons. The number of hydrogen-bond acceptors (Lipinski definition) is 3. The molecule has 0 aromatic rings. The van der Waals surface area contributed by atoms with Crippen LogP contribution in [0.1, 0.15) is 46.0 Å². The molecule has 0 spiro atoms. The second-order valence-corrected chi connectivity index (χ2v) is 6.52. The van der Waals surface area contributed by atoms with Crippen LogP contribution in [0.4, 0.5) is 0 Å². The van der Waals surface area contributed by atoms with Crippen molar-refractivity contribution in [3.63, 3.8) is 0 Å². The smallest absolute Gasteiger partial charge is 0.223 e. The normalized spacial score (nSPS) is 28.3. The third-order valence-corrected chi connectivity index (χ3v) is 4.90. The van der Waals surface area contributed by atoms with E-state index in [1.807, 2.05) is 0 Å². The van der Waals surface area contributed by atoms with E-state index >= 15 is 0 Å². The maximum Gasteiger partial charge on any atom is 0.223 e. The lowest BCUT2D eigenvalue weighted by atomic mass is 9.85. The zero-order chi connectivity index (χ0) is 14.4. The van der Waals surface area contributed by atoms with Crippen molar-refractivity contribution >= 4 is 5.91 Å². The fourth-order valence-electron chi connectivity index (χ4n) is 3.58. The summed E-state index contributed by atoms with van der Waals surface area (Å²) in [6.07, 6.45) is 5.43. The first-order valence-electron chi connectivity index (χ1n) is 8.43. The van der Waals surface area contributed by atoms with Crippen LogP contribution in [0.15, 0.2) is 0 Å². The maximum absolute atomic E-state index is 12.7. The first kappa shape index (κ1) is 15.8. The molecular weight excluding hydrogens is 250 g/mol. The van der Waals surface area contributed by atoms with E-state index in [4.69, 9.17) is 0 Å². The van der Waals surface area contributed by atoms with Crippen LogP contribution in [0.2, 0.25) is 0 Å². The summed E-state index contributed by atoms with van der Waals surface area (Å²) >= 11 is 0. The summed E-state index contributed by atoms with van der Waals surface area (Å²) in [5.41, 5.74) is 0. The number of nitrogens with one attached hydrogen (secondary N) is 2. The van der Waals surface area contributed by atoms with Crippen molar-refractivity contribution in [2.24, 2.45) is 11.8 Å². The second-order valence-electron chi connectivity index (χ2n) is 6.52. The lowest BCUT2D eigenvalue weighted by Gasteiger charge is -2.32. The van der Waals surface area contributed by atoms with Crippen molar-refractivity contribution in [3.8, 4) is 0 Å². The van der Waals surface area contributed by atoms with Gasteiger partial charge in [0, 0.05) is 25.6 Å². The van der Waals surface area contributed by atoms with E-state index in [-0.39, 0.29) is 0 Å². The number of nitrogens with zero attached hydrogens (tertiary/aromatic N) is 1. The Kier molecular flexibility index (Phi) is 6.30. The molecule has 2 N–H and O–H groups in total. The number of piperidine rings is 1. The number of amides is 1. The molecule has 0 bridgehead atoms. The van der Waals surface area contributed by atoms with Gasteiger partial charge < -0.3 is 15.5 Å². The van der Waals surface area contributed by atoms with Gasteiger partial charge in [-0.25, -0.2) is 0 Å². The van der Waals surface area contributed by atoms with Crippen LogP contribution in [0.3, 0.4) is 0 Å². The van der Waals surface area contributed by atoms with Crippen molar-refractivity contribution in [3.05, 3.63) is 0 Å². The Hall–Kier alpha value is -0.610. The Bertz CT molecular complexity index is 296. The average Bonchev–Trinajstić information content (AvgIpc) is 2.99. The molecule has 0 radical (unpaired) electrons. The van der Waals surface area contributed by atoms with Crippen molar-refractivity contribution in [1.82, 2.24) is 15.5 Å². The quantitative estimate of drug-likeness (QED) is 0.777. The first-order chi connectivity index (χ1) is 9.72. The summed E-state index contributed by atoms with van der Waals surface area (Å²) in [4.78, 5) is 14.8. The summed E-state index contributed by atoms with van der Waals surface area (Å²) in [6, 6.07) is 0.430. The van der Waals surface area contributed by atoms with Crippen LogP contribution in [0, 0.1) is 11.8 Å². The fourth-order valence-corrected chi connectivity index (χ4v) is 3.58. The van der Waals surface area contributed by atoms with Crippen molar-refractivity contribution in [1.29, 1.82) is 0 Å². The van der Waals surface area contributed by atoms with Gasteiger partial charge in [0.2, 0.25) is 5.91 Å². The molecule has 2 aliphatic heterocycles. The second kappa shape index (κ2) is 7.99. The van der Waals surface area contributed by atoms with Crippen molar-refractivity contribution < 1.29 is 4.79 Å². The summed E-state index contributed by atoms with van der Waals surface area (Å²) in [5, 5.41) is 6.84. The third-order valence-electron chi connectivity index (χ3n) is 4.90. The van der Waals surface area contributed by atoms with Gasteiger partial charge in [-0.15, -0.1) is 0 Å². The van der Waals surface area contributed by atoms with E-state index in [9.17, 15) is 4.79 Å². The highest BCUT2D eigenvalue weighted by atomic mass is 16.2. The Balaban J connectivity index is 1.86. The number of hydrogen-bond donors (Lipinski definition) is 2. The van der Waals surface area contributed by atoms with Crippen LogP contribution < -0.4 is 10.6 Å². The first-order valence-corrected chi connectivity index (χ1v) is 8.43. The molecule has 0 aliphatic carbocycles. The van der Waals surface area contributed by atoms with Gasteiger partial charge in [0.25, 0.3) is 0 Å². The molecule has 0 aromatic carbocycles. The summed E-state index contributed by atoms with van der Waals surface area (Å²) in [6.45, 7) is 9.61. The minimum absolute atomic E-state index is 0.374. The predicted molar refractivity (Wildman–Crippen MR) is 82.7 cm³/mol. The molecule has 2 aliphatic rings. The van der Waals surface area contributed by atoms with E-state index < -0.39 is 0 Å². The molecule has 0 saturated carbocycles. The van der Waals surface area contributed by atoms with Gasteiger partial charge in [-0.2, -0.15) is 0 Å². The van der Waals surface area contributed by atoms with Gasteiger partial charge in [0.15, 0.2) is 0 Å². The van der Waals surface area contributed by atoms with Crippen LogP contribution in [0.25, 0.3) is 0 Å². The Morgan fingerprint density at radius 1 is 1.25 bits per heavy atom. The zero-order valence-electron chi connectivity index (χ0n) is 13.2. The molecule has 2 saturated heterocycles. The topological polar surface area (TPSA) is 44.4 Å². The van der Waals surface area contributed by atoms with E-state index in [1.54, 1.807) is 0 Å². The van der Waals surface area contributed by atoms with Crippen LogP contribution in [-0.2, 0) is 4.79 Å². The van der Waals surface area contributed by atoms with E-state index in [2.05, 4.69) is 29.4 Å². The Labute approximate surface area is 123 Å². The minimum Gasteiger partial charge on any atom is -0.338 e. The molecule has 4 heteroatoms. The number of carbonyl (C=O) groups is 1. The molecule has 1 amide bonds. The van der Waals surface area contributed by atoms with Crippen LogP contribution >= 0.6 is 0 Å². The molecule has 4 nitrogen and oxygen atoms in total. The van der Waals surface area contributed by atoms with E-state index in [1.165, 1.54) is 12.8 Å². The van der Waals surface area contributed by atoms with E-state index in [0.29, 0.717) is 23.8 Å². The molecule has 2 rings (SSSR count). The lowest BCUT2D eigenvalue weighted by molar-refractivity contribution is -0.134. The molecular formula is C16H31N3O. The number of rotatable bonds is 6. The zero-order valence-corrected chi connectivity index (χ0v) is 13.2. The molecule has 20 heavy (non-hydrogen) atoms. The fraction of sp³-hybridized carbons (Fsp3) is 0.938. The molecule has 2 fully saturated rings. The monoisotopic (exact) mass is 281 g/mol. The number of carbonyl (C=O) groups excluding carboxylic acids is 1. The summed E-state index contributed by atoms with van der Waals surface area (Å²) in [5.74, 6) is 1.56. The SMILES string of the molecule is CCCN(C(=O)CC(C)C1CCCNC1)C1CCNC1. The van der Waals surface area contributed by atoms with Gasteiger partial charge in [0.05, 0.1) is 0 Å². The summed E-state index contributed by atoms with van der Waals surface area (Å²) in [7, 11) is 0. The van der Waals surface area contributed by atoms with Gasteiger partial charge >= 0.3 is 0 Å². The van der Waals surface area contributed by atoms with Gasteiger partial charge in [-0.3, -0.25) is 4.79 Å². The third kappa shape index (κ3) is 4.19. The van der Waals surface area contributed by atoms with Crippen molar-refractivity contribution in [2.75, 3.05) is 32.7 Å². The van der Waals surface area contributed by atoms with Gasteiger partial charge in [-0.05, 0) is 57.2 Å². The predicted octanol–water partition coefficient (Wildman–Crippen LogP) is 1.61. The molecule has 2 heterocycles. The van der Waals surface area contributed by atoms with Crippen molar-refractivity contribution in [2.45, 2.75) is 52.0 Å². The lowest BCUT2D eigenvalue weighted by Crippen LogP contribution is -2.43. The highest BCUT2D eigenvalue weighted by molar-refractivity contribution is 5.76. The molecule has 3 atom stereocenters. The molecule has 0 aromatic heterocycles. The minimum atomic E-state index is 0.374. The van der Waals surface area contributed by atoms with Gasteiger partial charge in [0.1, 0.15) is 0 Å². The molecule has 3 unspecified atom stereocenters. The Morgan fingerprint density at radius 2 is 2.05 bits per heavy atom. The van der Waals surface area contributed by atoms with Crippen LogP contribution in [0.5, 0.6) is 0 Å². The largest absolute Gasteiger partial charge is 0.338 e. The van der Waals surface area contributed by atoms with Gasteiger partial charge in [-0.1, -0.05) is 13.8 Å². The standard InChI is InChI=1S/C16H31N3O/c1-3-9-19(15-6-8-18-12-15)16(20)10-13(2)14-5-4-7-17-11-14/h13-15,17-18H,3-12H2,1-2H3. The van der Waals surface area contributed by atoms with E-state index in [0.717, 1.165) is 52.0 Å². The highest BCUT2D eigenvalue weighted by Gasteiger charge is 2.29. The highest BCUT2D eigenvalue weighted by Crippen LogP contribution is 2.24. The summed E-state index contributed by atoms with van der Waals surface area (Å²) < 4.78 is 0. The maximum atomic E-state index is 12.7. The van der Waals surface area contributed by atoms with Crippen LogP contribution in [-0.4, -0.2) is 49.6 Å².